The molecule has 2 aromatic carbocycles. The third-order valence-corrected chi connectivity index (χ3v) is 6.13. The summed E-state index contributed by atoms with van der Waals surface area (Å²) >= 11 is 4.97. The Hall–Kier alpha value is -2.24. The highest BCUT2D eigenvalue weighted by atomic mass is 79.9. The number of halogens is 1. The second kappa shape index (κ2) is 7.41. The Labute approximate surface area is 170 Å². The summed E-state index contributed by atoms with van der Waals surface area (Å²) in [7, 11) is 0. The van der Waals surface area contributed by atoms with Crippen molar-refractivity contribution in [3.63, 3.8) is 0 Å². The fourth-order valence-corrected chi connectivity index (χ4v) is 4.30. The van der Waals surface area contributed by atoms with E-state index in [0.29, 0.717) is 17.8 Å². The number of thiophene rings is 1. The fraction of sp³-hybridized carbons (Fsp3) is 0.182. The molecule has 0 bridgehead atoms. The Morgan fingerprint density at radius 1 is 1.07 bits per heavy atom. The van der Waals surface area contributed by atoms with Crippen LogP contribution in [0.5, 0.6) is 0 Å². The van der Waals surface area contributed by atoms with Crippen LogP contribution in [0.15, 0.2) is 69.5 Å². The normalized spacial score (nSPS) is 11.4. The number of rotatable bonds is 4. The van der Waals surface area contributed by atoms with Crippen LogP contribution in [0, 0.1) is 0 Å². The Balaban J connectivity index is 1.74. The van der Waals surface area contributed by atoms with Gasteiger partial charge in [-0.2, -0.15) is 0 Å². The summed E-state index contributed by atoms with van der Waals surface area (Å²) in [4.78, 5) is 18.5. The van der Waals surface area contributed by atoms with Crippen LogP contribution in [-0.2, 0) is 6.54 Å². The number of hydrogen-bond acceptors (Lipinski definition) is 3. The SMILES string of the molecule is CC(C)c1ccc(Cn2cnc3scc(-c4ccc(Br)cc4)c3c2=O)cc1. The molecular weight excluding hydrogens is 420 g/mol. The lowest BCUT2D eigenvalue weighted by molar-refractivity contribution is 0.748. The first-order chi connectivity index (χ1) is 13.0. The summed E-state index contributed by atoms with van der Waals surface area (Å²) in [6, 6.07) is 16.5. The van der Waals surface area contributed by atoms with Gasteiger partial charge in [0.1, 0.15) is 4.83 Å². The first-order valence-corrected chi connectivity index (χ1v) is 10.5. The fourth-order valence-electron chi connectivity index (χ4n) is 3.13. The van der Waals surface area contributed by atoms with Gasteiger partial charge in [-0.3, -0.25) is 9.36 Å². The molecule has 0 aliphatic carbocycles. The predicted molar refractivity (Wildman–Crippen MR) is 117 cm³/mol. The predicted octanol–water partition coefficient (Wildman–Crippen LogP) is 6.06. The van der Waals surface area contributed by atoms with Crippen molar-refractivity contribution >= 4 is 37.5 Å². The van der Waals surface area contributed by atoms with E-state index in [1.165, 1.54) is 16.9 Å². The molecule has 4 aromatic rings. The molecule has 0 fully saturated rings. The van der Waals surface area contributed by atoms with Gasteiger partial charge in [-0.05, 0) is 34.7 Å². The summed E-state index contributed by atoms with van der Waals surface area (Å²) in [5.74, 6) is 0.499. The maximum Gasteiger partial charge on any atom is 0.263 e. The highest BCUT2D eigenvalue weighted by Crippen LogP contribution is 2.31. The number of hydrogen-bond donors (Lipinski definition) is 0. The molecule has 2 heterocycles. The summed E-state index contributed by atoms with van der Waals surface area (Å²) in [6.45, 7) is 4.88. The second-order valence-electron chi connectivity index (χ2n) is 6.91. The molecule has 3 nitrogen and oxygen atoms in total. The second-order valence-corrected chi connectivity index (χ2v) is 8.68. The minimum Gasteiger partial charge on any atom is -0.294 e. The molecule has 0 atom stereocenters. The zero-order chi connectivity index (χ0) is 19.0. The average Bonchev–Trinajstić information content (AvgIpc) is 3.10. The summed E-state index contributed by atoms with van der Waals surface area (Å²) in [5, 5.41) is 2.72. The number of nitrogens with zero attached hydrogens (tertiary/aromatic N) is 2. The molecule has 27 heavy (non-hydrogen) atoms. The van der Waals surface area contributed by atoms with Crippen LogP contribution in [0.3, 0.4) is 0 Å². The van der Waals surface area contributed by atoms with Crippen molar-refractivity contribution in [3.05, 3.63) is 86.2 Å². The van der Waals surface area contributed by atoms with Gasteiger partial charge in [-0.1, -0.05) is 66.2 Å². The average molecular weight is 439 g/mol. The first kappa shape index (κ1) is 18.1. The van der Waals surface area contributed by atoms with Gasteiger partial charge in [0.25, 0.3) is 5.56 Å². The maximum atomic E-state index is 13.2. The third kappa shape index (κ3) is 3.62. The third-order valence-electron chi connectivity index (χ3n) is 4.72. The number of benzene rings is 2. The minimum absolute atomic E-state index is 0.00658. The summed E-state index contributed by atoms with van der Waals surface area (Å²) in [6.07, 6.45) is 1.66. The maximum absolute atomic E-state index is 13.2. The lowest BCUT2D eigenvalue weighted by Gasteiger charge is -2.09. The quantitative estimate of drug-likeness (QED) is 0.388. The van der Waals surface area contributed by atoms with Crippen molar-refractivity contribution in [1.82, 2.24) is 9.55 Å². The molecule has 0 aliphatic heterocycles. The van der Waals surface area contributed by atoms with Gasteiger partial charge < -0.3 is 0 Å². The monoisotopic (exact) mass is 438 g/mol. The van der Waals surface area contributed by atoms with Gasteiger partial charge in [-0.15, -0.1) is 11.3 Å². The van der Waals surface area contributed by atoms with Crippen molar-refractivity contribution in [3.8, 4) is 11.1 Å². The Kier molecular flexibility index (Phi) is 4.98. The molecule has 2 aromatic heterocycles. The van der Waals surface area contributed by atoms with Crippen LogP contribution < -0.4 is 5.56 Å². The van der Waals surface area contributed by atoms with Crippen LogP contribution in [0.1, 0.15) is 30.9 Å². The van der Waals surface area contributed by atoms with Gasteiger partial charge in [0.05, 0.1) is 18.3 Å². The Morgan fingerprint density at radius 3 is 2.44 bits per heavy atom. The van der Waals surface area contributed by atoms with Crippen LogP contribution in [0.25, 0.3) is 21.3 Å². The van der Waals surface area contributed by atoms with E-state index >= 15 is 0 Å². The van der Waals surface area contributed by atoms with E-state index < -0.39 is 0 Å². The number of fused-ring (bicyclic) bond motifs is 1. The van der Waals surface area contributed by atoms with Crippen molar-refractivity contribution in [2.24, 2.45) is 0 Å². The van der Waals surface area contributed by atoms with Crippen molar-refractivity contribution in [2.75, 3.05) is 0 Å². The van der Waals surface area contributed by atoms with Gasteiger partial charge in [-0.25, -0.2) is 4.98 Å². The van der Waals surface area contributed by atoms with Gasteiger partial charge in [0.15, 0.2) is 0 Å². The van der Waals surface area contributed by atoms with Gasteiger partial charge in [0, 0.05) is 15.4 Å². The molecule has 0 saturated heterocycles. The largest absolute Gasteiger partial charge is 0.294 e. The standard InChI is InChI=1S/C22H19BrN2OS/c1-14(2)16-5-3-15(4-6-16)11-25-13-24-21-20(22(25)26)19(12-27-21)17-7-9-18(23)10-8-17/h3-10,12-14H,11H2,1-2H3. The van der Waals surface area contributed by atoms with Crippen molar-refractivity contribution in [2.45, 2.75) is 26.3 Å². The highest BCUT2D eigenvalue weighted by Gasteiger charge is 2.13. The topological polar surface area (TPSA) is 34.9 Å². The summed E-state index contributed by atoms with van der Waals surface area (Å²) in [5.41, 5.74) is 4.39. The van der Waals surface area contributed by atoms with E-state index in [2.05, 4.69) is 59.0 Å². The van der Waals surface area contributed by atoms with Gasteiger partial charge >= 0.3 is 0 Å². The van der Waals surface area contributed by atoms with E-state index in [4.69, 9.17) is 0 Å². The molecule has 0 unspecified atom stereocenters. The molecule has 0 amide bonds. The van der Waals surface area contributed by atoms with Crippen molar-refractivity contribution < 1.29 is 0 Å². The van der Waals surface area contributed by atoms with Crippen LogP contribution in [0.4, 0.5) is 0 Å². The van der Waals surface area contributed by atoms with E-state index in [1.807, 2.05) is 29.6 Å². The number of aromatic nitrogens is 2. The molecule has 0 saturated carbocycles. The zero-order valence-corrected chi connectivity index (χ0v) is 17.5. The van der Waals surface area contributed by atoms with Gasteiger partial charge in [0.2, 0.25) is 0 Å². The molecule has 0 N–H and O–H groups in total. The summed E-state index contributed by atoms with van der Waals surface area (Å²) < 4.78 is 2.72. The molecule has 0 radical (unpaired) electrons. The Morgan fingerprint density at radius 2 is 1.78 bits per heavy atom. The van der Waals surface area contributed by atoms with Crippen LogP contribution in [-0.4, -0.2) is 9.55 Å². The van der Waals surface area contributed by atoms with E-state index in [-0.39, 0.29) is 5.56 Å². The Bertz CT molecular complexity index is 1140. The lowest BCUT2D eigenvalue weighted by atomic mass is 10.0. The molecule has 0 aliphatic rings. The van der Waals surface area contributed by atoms with E-state index in [0.717, 1.165) is 26.0 Å². The minimum atomic E-state index is 0.00658. The highest BCUT2D eigenvalue weighted by molar-refractivity contribution is 9.10. The lowest BCUT2D eigenvalue weighted by Crippen LogP contribution is -2.21. The van der Waals surface area contributed by atoms with Crippen LogP contribution in [0.2, 0.25) is 0 Å². The van der Waals surface area contributed by atoms with E-state index in [1.54, 1.807) is 10.9 Å². The molecule has 5 heteroatoms. The molecule has 0 spiro atoms. The molecule has 4 rings (SSSR count). The molecular formula is C22H19BrN2OS. The first-order valence-electron chi connectivity index (χ1n) is 8.84. The van der Waals surface area contributed by atoms with Crippen LogP contribution >= 0.6 is 27.3 Å². The van der Waals surface area contributed by atoms with Crippen molar-refractivity contribution in [1.29, 1.82) is 0 Å². The van der Waals surface area contributed by atoms with E-state index in [9.17, 15) is 4.79 Å². The smallest absolute Gasteiger partial charge is 0.263 e. The zero-order valence-electron chi connectivity index (χ0n) is 15.1. The molecule has 136 valence electrons.